The van der Waals surface area contributed by atoms with Gasteiger partial charge in [-0.2, -0.15) is 0 Å². The highest BCUT2D eigenvalue weighted by Gasteiger charge is 2.38. The van der Waals surface area contributed by atoms with Crippen LogP contribution in [0.5, 0.6) is 0 Å². The highest BCUT2D eigenvalue weighted by molar-refractivity contribution is 6.00. The van der Waals surface area contributed by atoms with Crippen LogP contribution in [-0.4, -0.2) is 36.5 Å². The van der Waals surface area contributed by atoms with E-state index in [4.69, 9.17) is 15.2 Å². The summed E-state index contributed by atoms with van der Waals surface area (Å²) in [7, 11) is 1.18. The summed E-state index contributed by atoms with van der Waals surface area (Å²) in [5, 5.41) is 14.1. The molecule has 0 unspecified atom stereocenters. The predicted molar refractivity (Wildman–Crippen MR) is 96.5 cm³/mol. The molecule has 1 aliphatic rings. The molecule has 1 heterocycles. The quantitative estimate of drug-likeness (QED) is 0.416. The van der Waals surface area contributed by atoms with Crippen molar-refractivity contribution in [1.82, 2.24) is 5.32 Å². The van der Waals surface area contributed by atoms with Gasteiger partial charge < -0.3 is 20.5 Å². The SMILES string of the molecule is COC(=O)C1=C(C)NC(C)=C(C(=O)OCC(N)=O)[C@@H]1c1cccc([N+](=O)[O-])c1. The Hall–Kier alpha value is -3.69. The van der Waals surface area contributed by atoms with E-state index in [0.29, 0.717) is 17.0 Å². The van der Waals surface area contributed by atoms with Crippen LogP contribution in [0.15, 0.2) is 46.8 Å². The highest BCUT2D eigenvalue weighted by atomic mass is 16.6. The van der Waals surface area contributed by atoms with Crippen LogP contribution < -0.4 is 11.1 Å². The number of benzene rings is 1. The van der Waals surface area contributed by atoms with Gasteiger partial charge in [-0.1, -0.05) is 12.1 Å². The first kappa shape index (κ1) is 20.6. The van der Waals surface area contributed by atoms with Crippen molar-refractivity contribution in [2.24, 2.45) is 5.73 Å². The first-order valence-electron chi connectivity index (χ1n) is 8.14. The average molecular weight is 389 g/mol. The molecule has 0 spiro atoms. The molecule has 0 saturated carbocycles. The van der Waals surface area contributed by atoms with Crippen molar-refractivity contribution in [3.63, 3.8) is 0 Å². The second-order valence-corrected chi connectivity index (χ2v) is 6.02. The molecule has 2 rings (SSSR count). The number of methoxy groups -OCH3 is 1. The number of esters is 2. The number of nitrogens with zero attached hydrogens (tertiary/aromatic N) is 1. The number of nitro groups is 1. The number of carbonyl (C=O) groups excluding carboxylic acids is 3. The molecule has 0 fully saturated rings. The molecular weight excluding hydrogens is 370 g/mol. The summed E-state index contributed by atoms with van der Waals surface area (Å²) in [4.78, 5) is 46.6. The molecule has 10 nitrogen and oxygen atoms in total. The van der Waals surface area contributed by atoms with E-state index >= 15 is 0 Å². The van der Waals surface area contributed by atoms with Gasteiger partial charge >= 0.3 is 11.9 Å². The molecule has 1 atom stereocenters. The van der Waals surface area contributed by atoms with Crippen molar-refractivity contribution in [2.45, 2.75) is 19.8 Å². The number of nitrogens with one attached hydrogen (secondary N) is 1. The molecule has 3 N–H and O–H groups in total. The monoisotopic (exact) mass is 389 g/mol. The van der Waals surface area contributed by atoms with Crippen molar-refractivity contribution >= 4 is 23.5 Å². The standard InChI is InChI=1S/C18H19N3O7/c1-9-14(17(23)27-3)16(11-5-4-6-12(7-11)21(25)26)15(10(2)20-9)18(24)28-8-13(19)22/h4-7,16,20H,8H2,1-3H3,(H2,19,22)/t16-/m1/s1. The Morgan fingerprint density at radius 3 is 2.32 bits per heavy atom. The Kier molecular flexibility index (Phi) is 6.14. The Morgan fingerprint density at radius 2 is 1.79 bits per heavy atom. The Labute approximate surface area is 160 Å². The molecule has 10 heteroatoms. The largest absolute Gasteiger partial charge is 0.466 e. The van der Waals surface area contributed by atoms with Gasteiger partial charge in [0.2, 0.25) is 0 Å². The maximum absolute atomic E-state index is 12.6. The number of amides is 1. The van der Waals surface area contributed by atoms with Gasteiger partial charge in [-0.15, -0.1) is 0 Å². The van der Waals surface area contributed by atoms with Crippen molar-refractivity contribution in [2.75, 3.05) is 13.7 Å². The van der Waals surface area contributed by atoms with Gasteiger partial charge in [-0.25, -0.2) is 9.59 Å². The number of carbonyl (C=O) groups is 3. The Morgan fingerprint density at radius 1 is 1.18 bits per heavy atom. The summed E-state index contributed by atoms with van der Waals surface area (Å²) < 4.78 is 9.75. The molecule has 1 aliphatic heterocycles. The number of rotatable bonds is 6. The minimum atomic E-state index is -0.992. The molecule has 0 saturated heterocycles. The van der Waals surface area contributed by atoms with Crippen LogP contribution in [0.4, 0.5) is 5.69 Å². The summed E-state index contributed by atoms with van der Waals surface area (Å²) in [6.07, 6.45) is 0. The molecule has 148 valence electrons. The van der Waals surface area contributed by atoms with E-state index in [9.17, 15) is 24.5 Å². The third kappa shape index (κ3) is 4.17. The van der Waals surface area contributed by atoms with Crippen molar-refractivity contribution in [3.05, 3.63) is 62.5 Å². The number of nitro benzene ring substituents is 1. The molecule has 1 amide bonds. The second-order valence-electron chi connectivity index (χ2n) is 6.02. The van der Waals surface area contributed by atoms with Crippen molar-refractivity contribution in [1.29, 1.82) is 0 Å². The predicted octanol–water partition coefficient (Wildman–Crippen LogP) is 1.03. The fourth-order valence-corrected chi connectivity index (χ4v) is 3.01. The summed E-state index contributed by atoms with van der Waals surface area (Å²) >= 11 is 0. The van der Waals surface area contributed by atoms with Gasteiger partial charge in [0.05, 0.1) is 29.1 Å². The Bertz CT molecular complexity index is 918. The summed E-state index contributed by atoms with van der Waals surface area (Å²) in [6, 6.07) is 5.55. The normalized spacial score (nSPS) is 16.3. The van der Waals surface area contributed by atoms with Gasteiger partial charge in [-0.3, -0.25) is 14.9 Å². The molecule has 0 aliphatic carbocycles. The molecule has 0 radical (unpaired) electrons. The van der Waals surface area contributed by atoms with E-state index in [-0.39, 0.29) is 16.8 Å². The minimum absolute atomic E-state index is 0.0211. The van der Waals surface area contributed by atoms with Gasteiger partial charge in [-0.05, 0) is 19.4 Å². The average Bonchev–Trinajstić information content (AvgIpc) is 2.65. The van der Waals surface area contributed by atoms with Gasteiger partial charge in [0, 0.05) is 23.5 Å². The summed E-state index contributed by atoms with van der Waals surface area (Å²) in [6.45, 7) is 2.56. The van der Waals surface area contributed by atoms with Crippen molar-refractivity contribution in [3.8, 4) is 0 Å². The number of nitrogens with two attached hydrogens (primary N) is 1. The first-order chi connectivity index (χ1) is 13.2. The lowest BCUT2D eigenvalue weighted by Crippen LogP contribution is -2.33. The van der Waals surface area contributed by atoms with Gasteiger partial charge in [0.25, 0.3) is 11.6 Å². The van der Waals surface area contributed by atoms with Gasteiger partial charge in [0.15, 0.2) is 6.61 Å². The molecule has 1 aromatic rings. The van der Waals surface area contributed by atoms with E-state index in [2.05, 4.69) is 5.32 Å². The number of non-ortho nitro benzene ring substituents is 1. The Balaban J connectivity index is 2.64. The zero-order valence-electron chi connectivity index (χ0n) is 15.5. The summed E-state index contributed by atoms with van der Waals surface area (Å²) in [5.41, 5.74) is 6.04. The van der Waals surface area contributed by atoms with E-state index < -0.39 is 35.3 Å². The van der Waals surface area contributed by atoms with Crippen molar-refractivity contribution < 1.29 is 28.8 Å². The van der Waals surface area contributed by atoms with Crippen LogP contribution in [-0.2, 0) is 23.9 Å². The second kappa shape index (κ2) is 8.33. The third-order valence-electron chi connectivity index (χ3n) is 4.15. The highest BCUT2D eigenvalue weighted by Crippen LogP contribution is 2.40. The maximum Gasteiger partial charge on any atom is 0.337 e. The minimum Gasteiger partial charge on any atom is -0.466 e. The zero-order chi connectivity index (χ0) is 21.0. The first-order valence-corrected chi connectivity index (χ1v) is 8.14. The topological polar surface area (TPSA) is 151 Å². The number of hydrogen-bond acceptors (Lipinski definition) is 8. The molecular formula is C18H19N3O7. The van der Waals surface area contributed by atoms with E-state index in [0.717, 1.165) is 0 Å². The third-order valence-corrected chi connectivity index (χ3v) is 4.15. The molecule has 28 heavy (non-hydrogen) atoms. The zero-order valence-corrected chi connectivity index (χ0v) is 15.5. The number of hydrogen-bond donors (Lipinski definition) is 2. The van der Waals surface area contributed by atoms with Gasteiger partial charge in [0.1, 0.15) is 0 Å². The van der Waals surface area contributed by atoms with Crippen LogP contribution in [0, 0.1) is 10.1 Å². The number of allylic oxidation sites excluding steroid dienone is 2. The fourth-order valence-electron chi connectivity index (χ4n) is 3.01. The lowest BCUT2D eigenvalue weighted by molar-refractivity contribution is -0.384. The molecule has 0 aromatic heterocycles. The smallest absolute Gasteiger partial charge is 0.337 e. The van der Waals surface area contributed by atoms with E-state index in [1.165, 1.54) is 25.3 Å². The van der Waals surface area contributed by atoms with E-state index in [1.807, 2.05) is 0 Å². The van der Waals surface area contributed by atoms with E-state index in [1.54, 1.807) is 19.9 Å². The number of ether oxygens (including phenoxy) is 2. The van der Waals surface area contributed by atoms with Crippen LogP contribution in [0.2, 0.25) is 0 Å². The fraction of sp³-hybridized carbons (Fsp3) is 0.278. The van der Waals surface area contributed by atoms with Crippen LogP contribution >= 0.6 is 0 Å². The van der Waals surface area contributed by atoms with Crippen LogP contribution in [0.3, 0.4) is 0 Å². The van der Waals surface area contributed by atoms with Crippen LogP contribution in [0.25, 0.3) is 0 Å². The molecule has 1 aromatic carbocycles. The lowest BCUT2D eigenvalue weighted by Gasteiger charge is -2.30. The lowest BCUT2D eigenvalue weighted by atomic mass is 9.80. The molecule has 0 bridgehead atoms. The number of primary amides is 1. The maximum atomic E-state index is 12.6. The van der Waals surface area contributed by atoms with Crippen LogP contribution in [0.1, 0.15) is 25.3 Å². The summed E-state index contributed by atoms with van der Waals surface area (Å²) in [5.74, 6) is -3.43. The number of dihydropyridines is 1.